The Hall–Kier alpha value is -0.910. The van der Waals surface area contributed by atoms with Gasteiger partial charge in [-0.05, 0) is 50.9 Å². The highest BCUT2D eigenvalue weighted by atomic mass is 79.9. The van der Waals surface area contributed by atoms with Crippen LogP contribution in [0.4, 0.5) is 0 Å². The third kappa shape index (κ3) is 4.31. The molecule has 0 bridgehead atoms. The third-order valence-electron chi connectivity index (χ3n) is 4.19. The van der Waals surface area contributed by atoms with Crippen molar-refractivity contribution in [1.82, 2.24) is 4.90 Å². The minimum atomic E-state index is 0.354. The average molecular weight is 370 g/mol. The highest BCUT2D eigenvalue weighted by molar-refractivity contribution is 9.10. The fraction of sp³-hybridized carbons (Fsp3) is 0.588. The summed E-state index contributed by atoms with van der Waals surface area (Å²) < 4.78 is 12.5. The van der Waals surface area contributed by atoms with Crippen molar-refractivity contribution in [3.8, 4) is 5.75 Å². The molecule has 0 radical (unpaired) electrons. The van der Waals surface area contributed by atoms with Crippen LogP contribution in [-0.4, -0.2) is 50.6 Å². The van der Waals surface area contributed by atoms with Crippen molar-refractivity contribution in [3.63, 3.8) is 0 Å². The Bertz CT molecular complexity index is 527. The van der Waals surface area contributed by atoms with Crippen LogP contribution in [0, 0.1) is 13.8 Å². The van der Waals surface area contributed by atoms with Gasteiger partial charge < -0.3 is 14.4 Å². The van der Waals surface area contributed by atoms with Crippen LogP contribution in [0.5, 0.6) is 5.75 Å². The fourth-order valence-electron chi connectivity index (χ4n) is 2.69. The second kappa shape index (κ2) is 8.09. The van der Waals surface area contributed by atoms with Crippen LogP contribution in [0.15, 0.2) is 10.5 Å². The molecule has 2 rings (SSSR count). The molecule has 1 fully saturated rings. The van der Waals surface area contributed by atoms with Crippen molar-refractivity contribution in [2.75, 3.05) is 33.4 Å². The summed E-state index contributed by atoms with van der Waals surface area (Å²) in [6, 6.07) is 1.82. The topological polar surface area (TPSA) is 38.8 Å². The molecule has 1 aromatic rings. The summed E-state index contributed by atoms with van der Waals surface area (Å²) in [7, 11) is 2.07. The molecule has 0 N–H and O–H groups in total. The molecule has 1 heterocycles. The van der Waals surface area contributed by atoms with E-state index in [4.69, 9.17) is 9.47 Å². The van der Waals surface area contributed by atoms with Gasteiger partial charge in [0.25, 0.3) is 0 Å². The summed E-state index contributed by atoms with van der Waals surface area (Å²) in [6.07, 6.45) is 3.51. The number of hydrogen-bond acceptors (Lipinski definition) is 4. The molecule has 0 aliphatic carbocycles. The largest absolute Gasteiger partial charge is 0.491 e. The van der Waals surface area contributed by atoms with Crippen molar-refractivity contribution in [3.05, 3.63) is 27.2 Å². The van der Waals surface area contributed by atoms with Gasteiger partial charge in [0, 0.05) is 24.2 Å². The molecule has 1 aliphatic rings. The van der Waals surface area contributed by atoms with Gasteiger partial charge in [-0.3, -0.25) is 4.79 Å². The van der Waals surface area contributed by atoms with E-state index in [0.29, 0.717) is 24.0 Å². The Morgan fingerprint density at radius 2 is 2.23 bits per heavy atom. The predicted octanol–water partition coefficient (Wildman–Crippen LogP) is 3.37. The van der Waals surface area contributed by atoms with Gasteiger partial charge in [0.15, 0.2) is 6.29 Å². The van der Waals surface area contributed by atoms with Crippen molar-refractivity contribution in [2.45, 2.75) is 32.8 Å². The van der Waals surface area contributed by atoms with Crippen LogP contribution in [0.25, 0.3) is 0 Å². The van der Waals surface area contributed by atoms with E-state index in [2.05, 4.69) is 27.9 Å². The minimum Gasteiger partial charge on any atom is -0.491 e. The van der Waals surface area contributed by atoms with E-state index < -0.39 is 0 Å². The van der Waals surface area contributed by atoms with Gasteiger partial charge in [-0.2, -0.15) is 0 Å². The van der Waals surface area contributed by atoms with Crippen molar-refractivity contribution in [1.29, 1.82) is 0 Å². The fourth-order valence-corrected chi connectivity index (χ4v) is 3.23. The first-order valence-electron chi connectivity index (χ1n) is 7.70. The minimum absolute atomic E-state index is 0.354. The van der Waals surface area contributed by atoms with Gasteiger partial charge in [-0.15, -0.1) is 0 Å². The molecular weight excluding hydrogens is 346 g/mol. The first kappa shape index (κ1) is 17.4. The predicted molar refractivity (Wildman–Crippen MR) is 91.0 cm³/mol. The van der Waals surface area contributed by atoms with E-state index in [0.717, 1.165) is 54.4 Å². The Morgan fingerprint density at radius 1 is 1.45 bits per heavy atom. The number of ether oxygens (including phenoxy) is 2. The lowest BCUT2D eigenvalue weighted by Crippen LogP contribution is -2.32. The lowest BCUT2D eigenvalue weighted by atomic mass is 10.1. The number of hydrogen-bond donors (Lipinski definition) is 0. The summed E-state index contributed by atoms with van der Waals surface area (Å²) in [5.41, 5.74) is 2.71. The number of benzene rings is 1. The zero-order valence-electron chi connectivity index (χ0n) is 13.5. The Kier molecular flexibility index (Phi) is 6.41. The van der Waals surface area contributed by atoms with E-state index >= 15 is 0 Å². The SMILES string of the molecule is Cc1c(Br)cc(C=O)c(OCCN(C)CC2CCCO2)c1C. The van der Waals surface area contributed by atoms with Crippen LogP contribution in [0.3, 0.4) is 0 Å². The highest BCUT2D eigenvalue weighted by Gasteiger charge is 2.17. The van der Waals surface area contributed by atoms with E-state index in [1.165, 1.54) is 0 Å². The second-order valence-electron chi connectivity index (χ2n) is 5.89. The van der Waals surface area contributed by atoms with Gasteiger partial charge in [0.1, 0.15) is 12.4 Å². The Labute approximate surface area is 140 Å². The van der Waals surface area contributed by atoms with Gasteiger partial charge in [0.2, 0.25) is 0 Å². The molecule has 1 aliphatic heterocycles. The van der Waals surface area contributed by atoms with Crippen LogP contribution >= 0.6 is 15.9 Å². The van der Waals surface area contributed by atoms with Crippen LogP contribution in [0.2, 0.25) is 0 Å². The molecule has 1 saturated heterocycles. The molecular formula is C17H24BrNO3. The lowest BCUT2D eigenvalue weighted by molar-refractivity contribution is 0.0770. The number of aldehydes is 1. The van der Waals surface area contributed by atoms with E-state index in [1.807, 2.05) is 19.9 Å². The van der Waals surface area contributed by atoms with Gasteiger partial charge >= 0.3 is 0 Å². The molecule has 1 atom stereocenters. The number of likely N-dealkylation sites (N-methyl/N-ethyl adjacent to an activating group) is 1. The third-order valence-corrected chi connectivity index (χ3v) is 5.02. The summed E-state index contributed by atoms with van der Waals surface area (Å²) in [6.45, 7) is 7.19. The first-order valence-corrected chi connectivity index (χ1v) is 8.50. The van der Waals surface area contributed by atoms with Crippen LogP contribution in [0.1, 0.15) is 34.3 Å². The quantitative estimate of drug-likeness (QED) is 0.690. The smallest absolute Gasteiger partial charge is 0.153 e. The van der Waals surface area contributed by atoms with Crippen molar-refractivity contribution in [2.24, 2.45) is 0 Å². The molecule has 1 aromatic carbocycles. The monoisotopic (exact) mass is 369 g/mol. The first-order chi connectivity index (χ1) is 10.5. The number of nitrogens with zero attached hydrogens (tertiary/aromatic N) is 1. The number of carbonyl (C=O) groups is 1. The molecule has 122 valence electrons. The van der Waals surface area contributed by atoms with Crippen molar-refractivity contribution >= 4 is 22.2 Å². The maximum absolute atomic E-state index is 11.2. The van der Waals surface area contributed by atoms with E-state index in [1.54, 1.807) is 0 Å². The number of carbonyl (C=O) groups excluding carboxylic acids is 1. The Morgan fingerprint density at radius 3 is 2.86 bits per heavy atom. The molecule has 5 heteroatoms. The van der Waals surface area contributed by atoms with Gasteiger partial charge in [-0.1, -0.05) is 15.9 Å². The van der Waals surface area contributed by atoms with Crippen LogP contribution in [-0.2, 0) is 4.74 Å². The highest BCUT2D eigenvalue weighted by Crippen LogP contribution is 2.31. The average Bonchev–Trinajstić information content (AvgIpc) is 2.99. The molecule has 0 saturated carbocycles. The summed E-state index contributed by atoms with van der Waals surface area (Å²) in [4.78, 5) is 13.5. The maximum Gasteiger partial charge on any atom is 0.153 e. The standard InChI is InChI=1S/C17H24BrNO3/c1-12-13(2)17(14(11-20)9-16(12)18)22-8-6-19(3)10-15-5-4-7-21-15/h9,11,15H,4-8,10H2,1-3H3. The zero-order valence-corrected chi connectivity index (χ0v) is 15.1. The van der Waals surface area contributed by atoms with Gasteiger partial charge in [0.05, 0.1) is 11.7 Å². The molecule has 22 heavy (non-hydrogen) atoms. The second-order valence-corrected chi connectivity index (χ2v) is 6.74. The lowest BCUT2D eigenvalue weighted by Gasteiger charge is -2.21. The molecule has 0 spiro atoms. The Balaban J connectivity index is 1.90. The van der Waals surface area contributed by atoms with E-state index in [-0.39, 0.29) is 0 Å². The molecule has 4 nitrogen and oxygen atoms in total. The van der Waals surface area contributed by atoms with E-state index in [9.17, 15) is 4.79 Å². The normalized spacial score (nSPS) is 18.0. The van der Waals surface area contributed by atoms with Crippen molar-refractivity contribution < 1.29 is 14.3 Å². The number of halogens is 1. The summed E-state index contributed by atoms with van der Waals surface area (Å²) in [5, 5.41) is 0. The van der Waals surface area contributed by atoms with Crippen LogP contribution < -0.4 is 4.74 Å². The zero-order chi connectivity index (χ0) is 16.1. The van der Waals surface area contributed by atoms with Gasteiger partial charge in [-0.25, -0.2) is 0 Å². The summed E-state index contributed by atoms with van der Waals surface area (Å²) >= 11 is 3.48. The molecule has 0 amide bonds. The molecule has 0 aromatic heterocycles. The molecule has 1 unspecified atom stereocenters. The maximum atomic E-state index is 11.2. The summed E-state index contributed by atoms with van der Waals surface area (Å²) in [5.74, 6) is 0.696. The number of rotatable bonds is 7.